The van der Waals surface area contributed by atoms with E-state index in [1.165, 1.54) is 0 Å². The number of amides is 1. The van der Waals surface area contributed by atoms with Crippen LogP contribution in [-0.4, -0.2) is 17.1 Å². The molecule has 0 aliphatic heterocycles. The van der Waals surface area contributed by atoms with Crippen molar-refractivity contribution in [2.75, 3.05) is 0 Å². The smallest absolute Gasteiger partial charge is 0.225 e. The van der Waals surface area contributed by atoms with Crippen LogP contribution in [0.4, 0.5) is 0 Å². The molecule has 0 unspecified atom stereocenters. The number of ether oxygens (including phenoxy) is 1. The van der Waals surface area contributed by atoms with Gasteiger partial charge in [0.1, 0.15) is 12.4 Å². The van der Waals surface area contributed by atoms with Crippen molar-refractivity contribution in [3.8, 4) is 5.75 Å². The van der Waals surface area contributed by atoms with Crippen LogP contribution in [0.15, 0.2) is 40.9 Å². The van der Waals surface area contributed by atoms with E-state index in [1.807, 2.05) is 57.2 Å². The molecule has 2 aromatic rings. The van der Waals surface area contributed by atoms with Crippen LogP contribution in [0, 0.1) is 16.7 Å². The second kappa shape index (κ2) is 7.37. The van der Waals surface area contributed by atoms with Gasteiger partial charge in [0, 0.05) is 17.5 Å². The summed E-state index contributed by atoms with van der Waals surface area (Å²) in [4.78, 5) is 12.3. The molecule has 2 atom stereocenters. The minimum Gasteiger partial charge on any atom is -0.486 e. The van der Waals surface area contributed by atoms with Gasteiger partial charge in [-0.05, 0) is 36.3 Å². The highest BCUT2D eigenvalue weighted by Crippen LogP contribution is 2.48. The van der Waals surface area contributed by atoms with Crippen molar-refractivity contribution in [2.24, 2.45) is 16.7 Å². The number of hydrogen-bond donors (Lipinski definition) is 1. The highest BCUT2D eigenvalue weighted by Gasteiger charge is 2.49. The molecule has 1 aliphatic carbocycles. The summed E-state index contributed by atoms with van der Waals surface area (Å²) in [5, 5.41) is 7.40. The van der Waals surface area contributed by atoms with Crippen molar-refractivity contribution in [3.05, 3.63) is 47.9 Å². The molecule has 1 heterocycles. The molecule has 1 fully saturated rings. The first-order valence-electron chi connectivity index (χ1n) is 9.59. The van der Waals surface area contributed by atoms with E-state index in [0.717, 1.165) is 30.0 Å². The van der Waals surface area contributed by atoms with Crippen LogP contribution >= 0.6 is 0 Å². The van der Waals surface area contributed by atoms with Gasteiger partial charge in [-0.1, -0.05) is 58.0 Å². The number of para-hydroxylation sites is 1. The quantitative estimate of drug-likeness (QED) is 0.820. The first kappa shape index (κ1) is 19.5. The van der Waals surface area contributed by atoms with Gasteiger partial charge >= 0.3 is 0 Å². The molecule has 1 amide bonds. The van der Waals surface area contributed by atoms with E-state index < -0.39 is 0 Å². The molecule has 1 saturated carbocycles. The van der Waals surface area contributed by atoms with Crippen molar-refractivity contribution in [2.45, 2.75) is 60.1 Å². The Kier molecular flexibility index (Phi) is 5.31. The van der Waals surface area contributed by atoms with E-state index in [-0.39, 0.29) is 22.8 Å². The van der Waals surface area contributed by atoms with Gasteiger partial charge in [-0.3, -0.25) is 4.79 Å². The summed E-state index contributed by atoms with van der Waals surface area (Å²) in [6.07, 6.45) is 1.82. The van der Waals surface area contributed by atoms with Gasteiger partial charge < -0.3 is 14.6 Å². The lowest BCUT2D eigenvalue weighted by Gasteiger charge is -2.52. The fraction of sp³-hybridized carbons (Fsp3) is 0.545. The van der Waals surface area contributed by atoms with Crippen molar-refractivity contribution in [1.29, 1.82) is 0 Å². The molecule has 27 heavy (non-hydrogen) atoms. The number of carbonyl (C=O) groups excluding carboxylic acids is 1. The summed E-state index contributed by atoms with van der Waals surface area (Å²) in [5.41, 5.74) is 0.627. The Morgan fingerprint density at radius 3 is 2.63 bits per heavy atom. The number of hydrogen-bond acceptors (Lipinski definition) is 4. The molecule has 0 radical (unpaired) electrons. The largest absolute Gasteiger partial charge is 0.486 e. The zero-order valence-corrected chi connectivity index (χ0v) is 16.9. The lowest BCUT2D eigenvalue weighted by atomic mass is 9.57. The van der Waals surface area contributed by atoms with Crippen LogP contribution in [-0.2, 0) is 17.8 Å². The van der Waals surface area contributed by atoms with Crippen molar-refractivity contribution in [1.82, 2.24) is 10.5 Å². The fourth-order valence-electron chi connectivity index (χ4n) is 3.43. The number of rotatable bonds is 6. The van der Waals surface area contributed by atoms with Crippen molar-refractivity contribution in [3.63, 3.8) is 0 Å². The van der Waals surface area contributed by atoms with Gasteiger partial charge in [-0.2, -0.15) is 0 Å². The Balaban J connectivity index is 1.51. The van der Waals surface area contributed by atoms with E-state index in [1.54, 1.807) is 0 Å². The maximum Gasteiger partial charge on any atom is 0.225 e. The molecule has 5 heteroatoms. The third-order valence-corrected chi connectivity index (χ3v) is 5.64. The fourth-order valence-corrected chi connectivity index (χ4v) is 3.43. The lowest BCUT2D eigenvalue weighted by molar-refractivity contribution is -0.133. The molecule has 1 N–H and O–H groups in total. The van der Waals surface area contributed by atoms with Crippen molar-refractivity contribution < 1.29 is 14.1 Å². The summed E-state index contributed by atoms with van der Waals surface area (Å²) in [6, 6.07) is 11.8. The molecule has 1 aromatic heterocycles. The van der Waals surface area contributed by atoms with Gasteiger partial charge in [0.25, 0.3) is 0 Å². The van der Waals surface area contributed by atoms with Crippen LogP contribution in [0.1, 0.15) is 52.5 Å². The van der Waals surface area contributed by atoms with Gasteiger partial charge in [0.05, 0.1) is 5.69 Å². The highest BCUT2D eigenvalue weighted by atomic mass is 16.5. The normalized spacial score (nSPS) is 21.4. The van der Waals surface area contributed by atoms with E-state index in [9.17, 15) is 4.79 Å². The summed E-state index contributed by atoms with van der Waals surface area (Å²) in [7, 11) is 0. The van der Waals surface area contributed by atoms with E-state index in [4.69, 9.17) is 9.26 Å². The zero-order valence-electron chi connectivity index (χ0n) is 16.9. The molecular formula is C22H30N2O3. The van der Waals surface area contributed by atoms with Gasteiger partial charge in [-0.25, -0.2) is 0 Å². The van der Waals surface area contributed by atoms with E-state index >= 15 is 0 Å². The second-order valence-electron chi connectivity index (χ2n) is 9.12. The monoisotopic (exact) mass is 370 g/mol. The maximum atomic E-state index is 12.3. The number of nitrogens with zero attached hydrogens (tertiary/aromatic N) is 1. The van der Waals surface area contributed by atoms with Crippen LogP contribution in [0.5, 0.6) is 5.75 Å². The van der Waals surface area contributed by atoms with Crippen molar-refractivity contribution >= 4 is 5.91 Å². The van der Waals surface area contributed by atoms with E-state index in [0.29, 0.717) is 12.5 Å². The Morgan fingerprint density at radius 2 is 2.00 bits per heavy atom. The minimum absolute atomic E-state index is 0.0422. The molecule has 1 aromatic carbocycles. The van der Waals surface area contributed by atoms with Crippen LogP contribution in [0.25, 0.3) is 0 Å². The third kappa shape index (κ3) is 4.52. The maximum absolute atomic E-state index is 12.3. The lowest BCUT2D eigenvalue weighted by Crippen LogP contribution is -2.60. The predicted molar refractivity (Wildman–Crippen MR) is 104 cm³/mol. The zero-order chi connectivity index (χ0) is 19.7. The molecule has 1 aliphatic rings. The number of nitrogens with one attached hydrogen (secondary N) is 1. The Labute approximate surface area is 161 Å². The second-order valence-corrected chi connectivity index (χ2v) is 9.12. The number of aromatic nitrogens is 1. The Hall–Kier alpha value is -2.30. The summed E-state index contributed by atoms with van der Waals surface area (Å²) in [5.74, 6) is 2.12. The third-order valence-electron chi connectivity index (χ3n) is 5.64. The summed E-state index contributed by atoms with van der Waals surface area (Å²) in [6.45, 7) is 10.6. The summed E-state index contributed by atoms with van der Waals surface area (Å²) < 4.78 is 11.1. The Morgan fingerprint density at radius 1 is 1.30 bits per heavy atom. The summed E-state index contributed by atoms with van der Waals surface area (Å²) >= 11 is 0. The number of carbonyl (C=O) groups is 1. The van der Waals surface area contributed by atoms with Crippen LogP contribution in [0.3, 0.4) is 0 Å². The predicted octanol–water partition coefficient (Wildman–Crippen LogP) is 4.37. The van der Waals surface area contributed by atoms with Gasteiger partial charge in [-0.15, -0.1) is 0 Å². The van der Waals surface area contributed by atoms with Crippen LogP contribution in [0.2, 0.25) is 0 Å². The first-order chi connectivity index (χ1) is 12.7. The number of benzene rings is 1. The standard InChI is InChI=1S/C22H30N2O3/c1-21(2,3)20(25)23-19-12-15(22(19,4)5)11-16-13-18(27-24-16)14-26-17-9-7-6-8-10-17/h6-10,13,15,19H,11-12,14H2,1-5H3,(H,23,25)/t15-,19+/m1/s1. The average Bonchev–Trinajstić information content (AvgIpc) is 3.06. The molecule has 0 spiro atoms. The minimum atomic E-state index is -0.360. The molecule has 0 saturated heterocycles. The van der Waals surface area contributed by atoms with E-state index in [2.05, 4.69) is 24.3 Å². The molecule has 3 rings (SSSR count). The molecule has 146 valence electrons. The SMILES string of the molecule is CC(C)(C)C(=O)N[C@H]1C[C@@H](Cc2cc(COc3ccccc3)on2)C1(C)C. The highest BCUT2D eigenvalue weighted by molar-refractivity contribution is 5.81. The molecule has 0 bridgehead atoms. The Bertz CT molecular complexity index is 774. The molecular weight excluding hydrogens is 340 g/mol. The first-order valence-corrected chi connectivity index (χ1v) is 9.59. The molecule has 5 nitrogen and oxygen atoms in total. The van der Waals surface area contributed by atoms with Gasteiger partial charge in [0.15, 0.2) is 5.76 Å². The van der Waals surface area contributed by atoms with Crippen LogP contribution < -0.4 is 10.1 Å². The average molecular weight is 370 g/mol. The topological polar surface area (TPSA) is 64.4 Å². The van der Waals surface area contributed by atoms with Gasteiger partial charge in [0.2, 0.25) is 5.91 Å².